The number of pyridine rings is 1. The average Bonchev–Trinajstić information content (AvgIpc) is 3.53. The smallest absolute Gasteiger partial charge is 0.268 e. The lowest BCUT2D eigenvalue weighted by Crippen LogP contribution is -1.97. The van der Waals surface area contributed by atoms with Gasteiger partial charge < -0.3 is 29.1 Å². The van der Waals surface area contributed by atoms with E-state index in [0.717, 1.165) is 11.1 Å². The van der Waals surface area contributed by atoms with Gasteiger partial charge in [-0.25, -0.2) is 4.98 Å². The summed E-state index contributed by atoms with van der Waals surface area (Å²) in [6.45, 7) is 0. The molecule has 0 aliphatic carbocycles. The van der Waals surface area contributed by atoms with Gasteiger partial charge in [0.1, 0.15) is 11.6 Å². The van der Waals surface area contributed by atoms with Crippen LogP contribution in [0, 0.1) is 0 Å². The summed E-state index contributed by atoms with van der Waals surface area (Å²) >= 11 is 0. The average molecular weight is 473 g/mol. The van der Waals surface area contributed by atoms with Gasteiger partial charge in [-0.05, 0) is 42.5 Å². The van der Waals surface area contributed by atoms with E-state index in [0.29, 0.717) is 51.7 Å². The van der Waals surface area contributed by atoms with Crippen molar-refractivity contribution in [2.45, 2.75) is 0 Å². The Balaban J connectivity index is 1.64. The molecule has 0 saturated heterocycles. The second kappa shape index (κ2) is 8.90. The van der Waals surface area contributed by atoms with Crippen LogP contribution in [0.1, 0.15) is 0 Å². The highest BCUT2D eigenvalue weighted by Crippen LogP contribution is 2.42. The molecule has 0 bridgehead atoms. The molecule has 3 heterocycles. The molecule has 10 heteroatoms. The molecule has 0 atom stereocenters. The van der Waals surface area contributed by atoms with Crippen molar-refractivity contribution in [3.63, 3.8) is 0 Å². The van der Waals surface area contributed by atoms with Crippen LogP contribution < -0.4 is 24.7 Å². The SMILES string of the molecule is COc1cc(-c2nnc(-c3nc(-c4cc(OC)c(OC)c(OC)c4)n4ccccc34)o2)ccc1N. The molecule has 5 aromatic rings. The number of benzene rings is 2. The Morgan fingerprint density at radius 3 is 2.14 bits per heavy atom. The molecule has 0 radical (unpaired) electrons. The lowest BCUT2D eigenvalue weighted by Gasteiger charge is -2.13. The Morgan fingerprint density at radius 2 is 1.46 bits per heavy atom. The predicted octanol–water partition coefficient (Wildman–Crippen LogP) is 4.33. The molecule has 0 fully saturated rings. The molecule has 3 aromatic heterocycles. The minimum Gasteiger partial charge on any atom is -0.495 e. The number of hydrogen-bond donors (Lipinski definition) is 1. The molecule has 0 unspecified atom stereocenters. The maximum absolute atomic E-state index is 6.01. The molecule has 0 aliphatic heterocycles. The van der Waals surface area contributed by atoms with Crippen LogP contribution in [0.3, 0.4) is 0 Å². The molecule has 0 aliphatic rings. The fourth-order valence-electron chi connectivity index (χ4n) is 3.89. The van der Waals surface area contributed by atoms with Crippen LogP contribution in [0.15, 0.2) is 59.1 Å². The Morgan fingerprint density at radius 1 is 0.771 bits per heavy atom. The zero-order chi connectivity index (χ0) is 24.5. The molecule has 10 nitrogen and oxygen atoms in total. The van der Waals surface area contributed by atoms with Gasteiger partial charge in [0, 0.05) is 17.3 Å². The number of imidazole rings is 1. The topological polar surface area (TPSA) is 119 Å². The fourth-order valence-corrected chi connectivity index (χ4v) is 3.89. The number of hydrogen-bond acceptors (Lipinski definition) is 9. The molecular formula is C25H23N5O5. The van der Waals surface area contributed by atoms with E-state index in [1.54, 1.807) is 46.6 Å². The molecule has 178 valence electrons. The van der Waals surface area contributed by atoms with Crippen molar-refractivity contribution < 1.29 is 23.4 Å². The third-order valence-corrected chi connectivity index (χ3v) is 5.58. The van der Waals surface area contributed by atoms with Crippen LogP contribution in [0.25, 0.3) is 39.9 Å². The number of nitrogens with zero attached hydrogens (tertiary/aromatic N) is 4. The zero-order valence-corrected chi connectivity index (χ0v) is 19.6. The standard InChI is InChI=1S/C25H23N5O5/c1-31-18-11-14(8-9-16(18)26)24-28-29-25(35-24)21-17-7-5-6-10-30(17)23(27-21)15-12-19(32-2)22(34-4)20(13-15)33-3/h5-13H,26H2,1-4H3. The summed E-state index contributed by atoms with van der Waals surface area (Å²) in [5, 5.41) is 8.47. The first-order valence-electron chi connectivity index (χ1n) is 10.6. The van der Waals surface area contributed by atoms with E-state index in [-0.39, 0.29) is 5.89 Å². The maximum atomic E-state index is 6.01. The Kier molecular flexibility index (Phi) is 5.61. The fraction of sp³-hybridized carbons (Fsp3) is 0.160. The van der Waals surface area contributed by atoms with Gasteiger partial charge in [-0.1, -0.05) is 6.07 Å². The Hall–Kier alpha value is -4.73. The van der Waals surface area contributed by atoms with E-state index in [4.69, 9.17) is 34.1 Å². The number of methoxy groups -OCH3 is 4. The summed E-state index contributed by atoms with van der Waals surface area (Å²) in [5.41, 5.74) is 9.22. The largest absolute Gasteiger partial charge is 0.495 e. The van der Waals surface area contributed by atoms with Crippen molar-refractivity contribution in [2.24, 2.45) is 0 Å². The summed E-state index contributed by atoms with van der Waals surface area (Å²) < 4.78 is 29.8. The van der Waals surface area contributed by atoms with E-state index in [1.807, 2.05) is 40.9 Å². The zero-order valence-electron chi connectivity index (χ0n) is 19.6. The molecule has 2 aromatic carbocycles. The molecule has 2 N–H and O–H groups in total. The van der Waals surface area contributed by atoms with Gasteiger partial charge in [-0.2, -0.15) is 0 Å². The Bertz CT molecular complexity index is 1500. The highest BCUT2D eigenvalue weighted by atomic mass is 16.5. The number of aromatic nitrogens is 4. The molecular weight excluding hydrogens is 450 g/mol. The van der Waals surface area contributed by atoms with E-state index < -0.39 is 0 Å². The molecule has 0 amide bonds. The lowest BCUT2D eigenvalue weighted by molar-refractivity contribution is 0.324. The van der Waals surface area contributed by atoms with E-state index in [9.17, 15) is 0 Å². The van der Waals surface area contributed by atoms with Gasteiger partial charge in [0.15, 0.2) is 17.2 Å². The van der Waals surface area contributed by atoms with Gasteiger partial charge in [0.25, 0.3) is 5.89 Å². The van der Waals surface area contributed by atoms with Crippen LogP contribution >= 0.6 is 0 Å². The number of nitrogens with two attached hydrogens (primary N) is 1. The summed E-state index contributed by atoms with van der Waals surface area (Å²) in [7, 11) is 6.26. The number of ether oxygens (including phenoxy) is 4. The first-order chi connectivity index (χ1) is 17.1. The highest BCUT2D eigenvalue weighted by Gasteiger charge is 2.22. The van der Waals surface area contributed by atoms with E-state index >= 15 is 0 Å². The number of nitrogen functional groups attached to an aromatic ring is 1. The third kappa shape index (κ3) is 3.74. The maximum Gasteiger partial charge on any atom is 0.268 e. The molecule has 0 saturated carbocycles. The molecule has 35 heavy (non-hydrogen) atoms. The minimum atomic E-state index is 0.276. The second-order valence-corrected chi connectivity index (χ2v) is 7.52. The third-order valence-electron chi connectivity index (χ3n) is 5.58. The van der Waals surface area contributed by atoms with E-state index in [2.05, 4.69) is 10.2 Å². The van der Waals surface area contributed by atoms with Crippen molar-refractivity contribution in [3.05, 3.63) is 54.7 Å². The van der Waals surface area contributed by atoms with Crippen LogP contribution in [-0.4, -0.2) is 48.0 Å². The first kappa shape index (κ1) is 22.1. The number of anilines is 1. The highest BCUT2D eigenvalue weighted by molar-refractivity contribution is 5.79. The predicted molar refractivity (Wildman–Crippen MR) is 130 cm³/mol. The van der Waals surface area contributed by atoms with Crippen LogP contribution in [0.5, 0.6) is 23.0 Å². The minimum absolute atomic E-state index is 0.276. The van der Waals surface area contributed by atoms with Crippen LogP contribution in [0.4, 0.5) is 5.69 Å². The van der Waals surface area contributed by atoms with Gasteiger partial charge in [-0.15, -0.1) is 10.2 Å². The van der Waals surface area contributed by atoms with Gasteiger partial charge >= 0.3 is 0 Å². The monoisotopic (exact) mass is 473 g/mol. The van der Waals surface area contributed by atoms with E-state index in [1.165, 1.54) is 0 Å². The Labute approximate surface area is 200 Å². The molecule has 0 spiro atoms. The quantitative estimate of drug-likeness (QED) is 0.344. The summed E-state index contributed by atoms with van der Waals surface area (Å²) in [6, 6.07) is 14.7. The van der Waals surface area contributed by atoms with Crippen molar-refractivity contribution in [2.75, 3.05) is 34.2 Å². The molecule has 5 rings (SSSR count). The second-order valence-electron chi connectivity index (χ2n) is 7.52. The lowest BCUT2D eigenvalue weighted by atomic mass is 10.1. The van der Waals surface area contributed by atoms with Gasteiger partial charge in [0.05, 0.1) is 39.6 Å². The van der Waals surface area contributed by atoms with Crippen molar-refractivity contribution >= 4 is 11.2 Å². The summed E-state index contributed by atoms with van der Waals surface area (Å²) in [6.07, 6.45) is 1.91. The van der Waals surface area contributed by atoms with Gasteiger partial charge in [0.2, 0.25) is 11.6 Å². The summed E-state index contributed by atoms with van der Waals surface area (Å²) in [5.74, 6) is 3.31. The van der Waals surface area contributed by atoms with Crippen LogP contribution in [-0.2, 0) is 0 Å². The number of rotatable bonds is 7. The van der Waals surface area contributed by atoms with Gasteiger partial charge in [-0.3, -0.25) is 4.40 Å². The van der Waals surface area contributed by atoms with Crippen LogP contribution in [0.2, 0.25) is 0 Å². The van der Waals surface area contributed by atoms with Crippen molar-refractivity contribution in [1.82, 2.24) is 19.6 Å². The van der Waals surface area contributed by atoms with Crippen molar-refractivity contribution in [3.8, 4) is 57.4 Å². The van der Waals surface area contributed by atoms with Crippen molar-refractivity contribution in [1.29, 1.82) is 0 Å². The summed E-state index contributed by atoms with van der Waals surface area (Å²) in [4.78, 5) is 4.86. The number of fused-ring (bicyclic) bond motifs is 1. The normalized spacial score (nSPS) is 11.0. The first-order valence-corrected chi connectivity index (χ1v) is 10.6.